The minimum atomic E-state index is 0.144. The Morgan fingerprint density at radius 2 is 1.85 bits per heavy atom. The first-order valence-corrected chi connectivity index (χ1v) is 9.11. The lowest BCUT2D eigenvalue weighted by Crippen LogP contribution is -2.12. The number of H-pyrrole nitrogens is 1. The maximum atomic E-state index is 9.16. The molecule has 0 aliphatic heterocycles. The van der Waals surface area contributed by atoms with Gasteiger partial charge in [0.1, 0.15) is 12.4 Å². The van der Waals surface area contributed by atoms with Crippen molar-refractivity contribution in [2.24, 2.45) is 0 Å². The van der Waals surface area contributed by atoms with Gasteiger partial charge in [0.25, 0.3) is 0 Å². The van der Waals surface area contributed by atoms with Gasteiger partial charge >= 0.3 is 0 Å². The summed E-state index contributed by atoms with van der Waals surface area (Å²) in [6, 6.07) is 20.0. The number of aliphatic hydroxyl groups excluding tert-OH is 1. The van der Waals surface area contributed by atoms with E-state index in [9.17, 15) is 0 Å². The second kappa shape index (κ2) is 7.60. The van der Waals surface area contributed by atoms with Crippen molar-refractivity contribution in [2.75, 3.05) is 30.8 Å². The van der Waals surface area contributed by atoms with Gasteiger partial charge in [-0.15, -0.1) is 0 Å². The molecule has 0 saturated carbocycles. The van der Waals surface area contributed by atoms with Crippen LogP contribution in [0.2, 0.25) is 0 Å². The predicted molar refractivity (Wildman–Crippen MR) is 111 cm³/mol. The van der Waals surface area contributed by atoms with Crippen molar-refractivity contribution in [3.05, 3.63) is 66.2 Å². The summed E-state index contributed by atoms with van der Waals surface area (Å²) in [5, 5.41) is 14.8. The number of aromatic nitrogens is 1. The first kappa shape index (κ1) is 17.2. The minimum absolute atomic E-state index is 0.144. The average Bonchev–Trinajstić information content (AvgIpc) is 3.03. The highest BCUT2D eigenvalue weighted by molar-refractivity contribution is 6.08. The maximum absolute atomic E-state index is 9.16. The fourth-order valence-corrected chi connectivity index (χ4v) is 3.38. The lowest BCUT2D eigenvalue weighted by molar-refractivity contribution is 0.299. The Bertz CT molecular complexity index is 1070. The molecular weight excluding hydrogens is 338 g/mol. The molecule has 0 amide bonds. The molecule has 5 nitrogen and oxygen atoms in total. The zero-order valence-electron chi connectivity index (χ0n) is 15.0. The van der Waals surface area contributed by atoms with Crippen LogP contribution < -0.4 is 15.8 Å². The number of aliphatic hydroxyl groups is 1. The van der Waals surface area contributed by atoms with Gasteiger partial charge in [-0.05, 0) is 48.4 Å². The van der Waals surface area contributed by atoms with Crippen LogP contribution >= 0.6 is 0 Å². The molecule has 5 heteroatoms. The van der Waals surface area contributed by atoms with E-state index in [1.165, 1.54) is 0 Å². The number of nitrogens with two attached hydrogens (primary N) is 1. The van der Waals surface area contributed by atoms with Crippen molar-refractivity contribution in [3.8, 4) is 5.75 Å². The summed E-state index contributed by atoms with van der Waals surface area (Å²) < 4.78 is 5.90. The van der Waals surface area contributed by atoms with E-state index in [0.29, 0.717) is 19.6 Å². The molecule has 3 aromatic carbocycles. The van der Waals surface area contributed by atoms with E-state index >= 15 is 0 Å². The number of para-hydroxylation sites is 1. The molecule has 138 valence electrons. The van der Waals surface area contributed by atoms with Gasteiger partial charge in [0, 0.05) is 46.9 Å². The van der Waals surface area contributed by atoms with Crippen LogP contribution in [0.5, 0.6) is 5.75 Å². The Morgan fingerprint density at radius 1 is 0.963 bits per heavy atom. The van der Waals surface area contributed by atoms with E-state index < -0.39 is 0 Å². The van der Waals surface area contributed by atoms with Gasteiger partial charge in [0.05, 0.1) is 5.52 Å². The molecular formula is C22H23N3O2. The Morgan fingerprint density at radius 3 is 2.74 bits per heavy atom. The topological polar surface area (TPSA) is 83.3 Å². The summed E-state index contributed by atoms with van der Waals surface area (Å²) in [4.78, 5) is 3.41. The monoisotopic (exact) mass is 361 g/mol. The van der Waals surface area contributed by atoms with E-state index in [1.54, 1.807) is 0 Å². The number of benzene rings is 3. The van der Waals surface area contributed by atoms with Crippen LogP contribution in [0.3, 0.4) is 0 Å². The Hall–Kier alpha value is -3.18. The molecule has 0 unspecified atom stereocenters. The number of anilines is 2. The molecule has 0 saturated heterocycles. The van der Waals surface area contributed by atoms with Crippen LogP contribution in [0.1, 0.15) is 5.56 Å². The second-order valence-corrected chi connectivity index (χ2v) is 6.54. The predicted octanol–water partition coefficient (Wildman–Crippen LogP) is 3.93. The molecule has 0 spiro atoms. The fraction of sp³-hybridized carbons (Fsp3) is 0.182. The molecule has 4 rings (SSSR count). The van der Waals surface area contributed by atoms with Crippen LogP contribution in [0.15, 0.2) is 60.7 Å². The van der Waals surface area contributed by atoms with Crippen molar-refractivity contribution >= 4 is 33.2 Å². The maximum Gasteiger partial charge on any atom is 0.121 e. The third-order valence-corrected chi connectivity index (χ3v) is 4.68. The zero-order chi connectivity index (χ0) is 18.6. The molecule has 1 aromatic heterocycles. The summed E-state index contributed by atoms with van der Waals surface area (Å²) in [5.41, 5.74) is 10.9. The number of ether oxygens (including phenoxy) is 1. The number of nitrogens with one attached hydrogen (secondary N) is 2. The van der Waals surface area contributed by atoms with Gasteiger partial charge in [0.15, 0.2) is 0 Å². The first-order valence-electron chi connectivity index (χ1n) is 9.11. The van der Waals surface area contributed by atoms with Gasteiger partial charge in [-0.2, -0.15) is 0 Å². The van der Waals surface area contributed by atoms with E-state index in [2.05, 4.69) is 16.4 Å². The third kappa shape index (κ3) is 3.68. The Kier molecular flexibility index (Phi) is 4.85. The van der Waals surface area contributed by atoms with Crippen LogP contribution in [-0.2, 0) is 6.42 Å². The van der Waals surface area contributed by atoms with E-state index in [4.69, 9.17) is 15.6 Å². The molecule has 27 heavy (non-hydrogen) atoms. The largest absolute Gasteiger partial charge is 0.492 e. The van der Waals surface area contributed by atoms with Crippen LogP contribution in [-0.4, -0.2) is 29.8 Å². The lowest BCUT2D eigenvalue weighted by atomic mass is 10.1. The molecule has 4 aromatic rings. The fourth-order valence-electron chi connectivity index (χ4n) is 3.38. The first-order chi connectivity index (χ1) is 13.2. The summed E-state index contributed by atoms with van der Waals surface area (Å²) in [5.74, 6) is 0.826. The van der Waals surface area contributed by atoms with Gasteiger partial charge in [-0.3, -0.25) is 0 Å². The second-order valence-electron chi connectivity index (χ2n) is 6.54. The average molecular weight is 361 g/mol. The minimum Gasteiger partial charge on any atom is -0.492 e. The molecule has 5 N–H and O–H groups in total. The summed E-state index contributed by atoms with van der Waals surface area (Å²) in [7, 11) is 0. The Balaban J connectivity index is 1.41. The number of hydrogen-bond acceptors (Lipinski definition) is 4. The van der Waals surface area contributed by atoms with Crippen molar-refractivity contribution < 1.29 is 9.84 Å². The molecule has 0 radical (unpaired) electrons. The zero-order valence-corrected chi connectivity index (χ0v) is 15.0. The lowest BCUT2D eigenvalue weighted by Gasteiger charge is -2.12. The van der Waals surface area contributed by atoms with E-state index in [-0.39, 0.29) is 6.61 Å². The quantitative estimate of drug-likeness (QED) is 0.297. The van der Waals surface area contributed by atoms with E-state index in [1.807, 2.05) is 54.6 Å². The smallest absolute Gasteiger partial charge is 0.121 e. The van der Waals surface area contributed by atoms with Gasteiger partial charge in [0.2, 0.25) is 0 Å². The van der Waals surface area contributed by atoms with Crippen molar-refractivity contribution in [3.63, 3.8) is 0 Å². The van der Waals surface area contributed by atoms with Gasteiger partial charge in [-0.1, -0.05) is 18.2 Å². The van der Waals surface area contributed by atoms with Crippen LogP contribution in [0, 0.1) is 0 Å². The third-order valence-electron chi connectivity index (χ3n) is 4.68. The molecule has 0 bridgehead atoms. The summed E-state index contributed by atoms with van der Waals surface area (Å²) in [6.45, 7) is 1.38. The molecule has 0 atom stereocenters. The standard InChI is InChI=1S/C22H23N3O2/c23-16-5-8-21-19(13-16)18-7-6-17(14-22(18)25-21)27-12-10-24-20-4-2-1-3-15(20)9-11-26/h1-8,13-14,24-26H,9-12,23H2. The number of aromatic amines is 1. The normalized spacial score (nSPS) is 11.1. The molecule has 0 aliphatic carbocycles. The van der Waals surface area contributed by atoms with Crippen molar-refractivity contribution in [1.29, 1.82) is 0 Å². The molecule has 0 aliphatic rings. The highest BCUT2D eigenvalue weighted by Gasteiger charge is 2.06. The number of nitrogen functional groups attached to an aromatic ring is 1. The highest BCUT2D eigenvalue weighted by atomic mass is 16.5. The SMILES string of the molecule is Nc1ccc2[nH]c3cc(OCCNc4ccccc4CCO)ccc3c2c1. The summed E-state index contributed by atoms with van der Waals surface area (Å²) in [6.07, 6.45) is 0.644. The number of hydrogen-bond donors (Lipinski definition) is 4. The van der Waals surface area contributed by atoms with Crippen LogP contribution in [0.25, 0.3) is 21.8 Å². The number of rotatable bonds is 7. The van der Waals surface area contributed by atoms with Gasteiger partial charge < -0.3 is 25.9 Å². The van der Waals surface area contributed by atoms with Crippen LogP contribution in [0.4, 0.5) is 11.4 Å². The van der Waals surface area contributed by atoms with Crippen molar-refractivity contribution in [1.82, 2.24) is 4.98 Å². The van der Waals surface area contributed by atoms with E-state index in [0.717, 1.165) is 44.5 Å². The van der Waals surface area contributed by atoms with Gasteiger partial charge in [-0.25, -0.2) is 0 Å². The summed E-state index contributed by atoms with van der Waals surface area (Å²) >= 11 is 0. The molecule has 1 heterocycles. The Labute approximate surface area is 157 Å². The molecule has 0 fully saturated rings. The highest BCUT2D eigenvalue weighted by Crippen LogP contribution is 2.29. The number of fused-ring (bicyclic) bond motifs is 3. The van der Waals surface area contributed by atoms with Crippen molar-refractivity contribution in [2.45, 2.75) is 6.42 Å².